The lowest BCUT2D eigenvalue weighted by atomic mass is 10.1. The Bertz CT molecular complexity index is 578. The lowest BCUT2D eigenvalue weighted by molar-refractivity contribution is -0.135. The van der Waals surface area contributed by atoms with Crippen molar-refractivity contribution >= 4 is 11.8 Å². The summed E-state index contributed by atoms with van der Waals surface area (Å²) in [5.74, 6) is 1.18. The molecule has 0 aliphatic carbocycles. The maximum atomic E-state index is 12.7. The zero-order chi connectivity index (χ0) is 17.0. The van der Waals surface area contributed by atoms with Crippen LogP contribution in [0.1, 0.15) is 24.2 Å². The second kappa shape index (κ2) is 7.35. The van der Waals surface area contributed by atoms with E-state index in [0.717, 1.165) is 0 Å². The van der Waals surface area contributed by atoms with Crippen LogP contribution in [0.3, 0.4) is 0 Å². The molecular formula is C17H24N2O4. The summed E-state index contributed by atoms with van der Waals surface area (Å²) < 4.78 is 10.4. The summed E-state index contributed by atoms with van der Waals surface area (Å²) in [7, 11) is 3.10. The van der Waals surface area contributed by atoms with E-state index in [0.29, 0.717) is 43.2 Å². The summed E-state index contributed by atoms with van der Waals surface area (Å²) in [6.45, 7) is 5.99. The Kier molecular flexibility index (Phi) is 5.47. The van der Waals surface area contributed by atoms with Crippen molar-refractivity contribution in [2.75, 3.05) is 40.4 Å². The van der Waals surface area contributed by atoms with Crippen molar-refractivity contribution in [3.63, 3.8) is 0 Å². The van der Waals surface area contributed by atoms with Gasteiger partial charge in [-0.15, -0.1) is 0 Å². The van der Waals surface area contributed by atoms with Gasteiger partial charge in [-0.2, -0.15) is 0 Å². The molecule has 6 nitrogen and oxygen atoms in total. The van der Waals surface area contributed by atoms with Crippen LogP contribution in [-0.2, 0) is 4.79 Å². The number of ether oxygens (including phenoxy) is 2. The molecule has 0 atom stereocenters. The van der Waals surface area contributed by atoms with Gasteiger partial charge in [0.15, 0.2) is 0 Å². The van der Waals surface area contributed by atoms with Gasteiger partial charge >= 0.3 is 0 Å². The first-order chi connectivity index (χ1) is 11.0. The molecule has 1 heterocycles. The van der Waals surface area contributed by atoms with Gasteiger partial charge in [-0.05, 0) is 12.1 Å². The summed E-state index contributed by atoms with van der Waals surface area (Å²) in [4.78, 5) is 28.3. The Balaban J connectivity index is 2.07. The predicted molar refractivity (Wildman–Crippen MR) is 86.9 cm³/mol. The number of rotatable bonds is 4. The third-order valence-electron chi connectivity index (χ3n) is 4.01. The van der Waals surface area contributed by atoms with Crippen LogP contribution < -0.4 is 9.47 Å². The zero-order valence-corrected chi connectivity index (χ0v) is 14.2. The van der Waals surface area contributed by atoms with E-state index in [1.54, 1.807) is 30.2 Å². The van der Waals surface area contributed by atoms with Gasteiger partial charge in [0.1, 0.15) is 11.5 Å². The molecule has 0 N–H and O–H groups in total. The summed E-state index contributed by atoms with van der Waals surface area (Å²) in [6, 6.07) is 5.16. The van der Waals surface area contributed by atoms with E-state index >= 15 is 0 Å². The number of amides is 2. The molecule has 23 heavy (non-hydrogen) atoms. The van der Waals surface area contributed by atoms with Crippen LogP contribution in [0, 0.1) is 5.92 Å². The molecule has 2 amide bonds. The zero-order valence-electron chi connectivity index (χ0n) is 14.2. The SMILES string of the molecule is COc1ccc(C(=O)N2CCN(C(=O)C(C)C)CC2)c(OC)c1. The Morgan fingerprint density at radius 1 is 1.00 bits per heavy atom. The average molecular weight is 320 g/mol. The summed E-state index contributed by atoms with van der Waals surface area (Å²) in [5.41, 5.74) is 0.511. The number of piperazine rings is 1. The van der Waals surface area contributed by atoms with Crippen LogP contribution in [-0.4, -0.2) is 62.0 Å². The number of carbonyl (C=O) groups excluding carboxylic acids is 2. The van der Waals surface area contributed by atoms with Crippen molar-refractivity contribution in [2.24, 2.45) is 5.92 Å². The number of hydrogen-bond donors (Lipinski definition) is 0. The topological polar surface area (TPSA) is 59.1 Å². The molecule has 2 rings (SSSR count). The number of nitrogens with zero attached hydrogens (tertiary/aromatic N) is 2. The molecule has 0 spiro atoms. The fraction of sp³-hybridized carbons (Fsp3) is 0.529. The third kappa shape index (κ3) is 3.75. The van der Waals surface area contributed by atoms with Crippen molar-refractivity contribution in [1.29, 1.82) is 0 Å². The molecule has 126 valence electrons. The van der Waals surface area contributed by atoms with Gasteiger partial charge in [0.25, 0.3) is 5.91 Å². The molecule has 0 bridgehead atoms. The van der Waals surface area contributed by atoms with E-state index in [1.807, 2.05) is 18.7 Å². The molecule has 0 saturated carbocycles. The van der Waals surface area contributed by atoms with Gasteiger partial charge in [-0.1, -0.05) is 13.8 Å². The first-order valence-corrected chi connectivity index (χ1v) is 7.78. The molecule has 1 aromatic carbocycles. The van der Waals surface area contributed by atoms with Crippen molar-refractivity contribution < 1.29 is 19.1 Å². The quantitative estimate of drug-likeness (QED) is 0.846. The average Bonchev–Trinajstić information content (AvgIpc) is 2.59. The lowest BCUT2D eigenvalue weighted by Crippen LogP contribution is -2.51. The molecule has 6 heteroatoms. The van der Waals surface area contributed by atoms with Gasteiger partial charge < -0.3 is 19.3 Å². The minimum atomic E-state index is -0.0823. The molecule has 1 saturated heterocycles. The highest BCUT2D eigenvalue weighted by Crippen LogP contribution is 2.26. The lowest BCUT2D eigenvalue weighted by Gasteiger charge is -2.35. The largest absolute Gasteiger partial charge is 0.497 e. The molecule has 0 aromatic heterocycles. The van der Waals surface area contributed by atoms with E-state index in [2.05, 4.69) is 0 Å². The summed E-state index contributed by atoms with van der Waals surface area (Å²) >= 11 is 0. The number of benzene rings is 1. The van der Waals surface area contributed by atoms with Crippen molar-refractivity contribution in [2.45, 2.75) is 13.8 Å². The van der Waals surface area contributed by atoms with Crippen molar-refractivity contribution in [3.8, 4) is 11.5 Å². The van der Waals surface area contributed by atoms with Crippen LogP contribution >= 0.6 is 0 Å². The smallest absolute Gasteiger partial charge is 0.257 e. The van der Waals surface area contributed by atoms with Crippen LogP contribution in [0.25, 0.3) is 0 Å². The van der Waals surface area contributed by atoms with Gasteiger partial charge in [-0.25, -0.2) is 0 Å². The van der Waals surface area contributed by atoms with Crippen LogP contribution in [0.4, 0.5) is 0 Å². The first kappa shape index (κ1) is 17.1. The molecule has 0 radical (unpaired) electrons. The second-order valence-corrected chi connectivity index (χ2v) is 5.84. The predicted octanol–water partition coefficient (Wildman–Crippen LogP) is 1.64. The normalized spacial score (nSPS) is 14.8. The molecule has 1 fully saturated rings. The monoisotopic (exact) mass is 320 g/mol. The van der Waals surface area contributed by atoms with Gasteiger partial charge in [0.2, 0.25) is 5.91 Å². The highest BCUT2D eigenvalue weighted by Gasteiger charge is 2.27. The Hall–Kier alpha value is -2.24. The molecule has 1 aliphatic heterocycles. The Morgan fingerprint density at radius 3 is 2.13 bits per heavy atom. The van der Waals surface area contributed by atoms with Gasteiger partial charge in [0, 0.05) is 38.2 Å². The maximum Gasteiger partial charge on any atom is 0.257 e. The van der Waals surface area contributed by atoms with E-state index in [-0.39, 0.29) is 17.7 Å². The van der Waals surface area contributed by atoms with E-state index in [4.69, 9.17) is 9.47 Å². The number of methoxy groups -OCH3 is 2. The summed E-state index contributed by atoms with van der Waals surface area (Å²) in [6.07, 6.45) is 0. The first-order valence-electron chi connectivity index (χ1n) is 7.78. The third-order valence-corrected chi connectivity index (χ3v) is 4.01. The minimum absolute atomic E-state index is 0.0149. The van der Waals surface area contributed by atoms with Crippen molar-refractivity contribution in [3.05, 3.63) is 23.8 Å². The summed E-state index contributed by atoms with van der Waals surface area (Å²) in [5, 5.41) is 0. The minimum Gasteiger partial charge on any atom is -0.497 e. The maximum absolute atomic E-state index is 12.7. The standard InChI is InChI=1S/C17H24N2O4/c1-12(2)16(20)18-7-9-19(10-8-18)17(21)14-6-5-13(22-3)11-15(14)23-4/h5-6,11-12H,7-10H2,1-4H3. The van der Waals surface area contributed by atoms with E-state index < -0.39 is 0 Å². The van der Waals surface area contributed by atoms with Gasteiger partial charge in [0.05, 0.1) is 19.8 Å². The van der Waals surface area contributed by atoms with E-state index in [1.165, 1.54) is 7.11 Å². The number of carbonyl (C=O) groups is 2. The van der Waals surface area contributed by atoms with Crippen LogP contribution in [0.15, 0.2) is 18.2 Å². The molecule has 1 aromatic rings. The van der Waals surface area contributed by atoms with Gasteiger partial charge in [-0.3, -0.25) is 9.59 Å². The van der Waals surface area contributed by atoms with Crippen molar-refractivity contribution in [1.82, 2.24) is 9.80 Å². The molecule has 1 aliphatic rings. The highest BCUT2D eigenvalue weighted by atomic mass is 16.5. The number of hydrogen-bond acceptors (Lipinski definition) is 4. The molecular weight excluding hydrogens is 296 g/mol. The fourth-order valence-electron chi connectivity index (χ4n) is 2.64. The highest BCUT2D eigenvalue weighted by molar-refractivity contribution is 5.97. The fourth-order valence-corrected chi connectivity index (χ4v) is 2.64. The Morgan fingerprint density at radius 2 is 1.61 bits per heavy atom. The van der Waals surface area contributed by atoms with Crippen LogP contribution in [0.5, 0.6) is 11.5 Å². The molecule has 0 unspecified atom stereocenters. The second-order valence-electron chi connectivity index (χ2n) is 5.84. The Labute approximate surface area is 137 Å². The van der Waals surface area contributed by atoms with E-state index in [9.17, 15) is 9.59 Å². The van der Waals surface area contributed by atoms with Crippen LogP contribution in [0.2, 0.25) is 0 Å².